The molecule has 0 radical (unpaired) electrons. The number of hydrogen-bond donors (Lipinski definition) is 1. The number of fused-ring (bicyclic) bond motifs is 1. The third kappa shape index (κ3) is 7.07. The minimum Gasteiger partial charge on any atom is -0.355 e. The minimum atomic E-state index is -2.98. The Kier molecular flexibility index (Phi) is 9.39. The molecule has 1 amide bonds. The maximum atomic E-state index is 12.0. The van der Waals surface area contributed by atoms with E-state index in [2.05, 4.69) is 47.3 Å². The number of hydrogen-bond acceptors (Lipinski definition) is 4. The van der Waals surface area contributed by atoms with Crippen LogP contribution in [0.3, 0.4) is 0 Å². The zero-order valence-electron chi connectivity index (χ0n) is 19.6. The zero-order chi connectivity index (χ0) is 22.6. The number of rotatable bonds is 8. The van der Waals surface area contributed by atoms with Crippen LogP contribution < -0.4 is 10.2 Å². The number of nitrogens with one attached hydrogen (secondary N) is 1. The van der Waals surface area contributed by atoms with Crippen LogP contribution in [0.4, 0.5) is 5.69 Å². The zero-order valence-corrected chi connectivity index (χ0v) is 22.8. The van der Waals surface area contributed by atoms with Crippen molar-refractivity contribution in [3.05, 3.63) is 29.8 Å². The number of sulfone groups is 1. The predicted molar refractivity (Wildman–Crippen MR) is 142 cm³/mol. The number of guanidine groups is 1. The third-order valence-corrected chi connectivity index (χ3v) is 7.28. The van der Waals surface area contributed by atoms with Gasteiger partial charge in [0.15, 0.2) is 5.96 Å². The van der Waals surface area contributed by atoms with Gasteiger partial charge in [-0.25, -0.2) is 8.42 Å². The fourth-order valence-corrected chi connectivity index (χ4v) is 5.28. The van der Waals surface area contributed by atoms with E-state index in [0.717, 1.165) is 44.1 Å². The van der Waals surface area contributed by atoms with E-state index in [9.17, 15) is 13.2 Å². The van der Waals surface area contributed by atoms with Gasteiger partial charge in [-0.2, -0.15) is 0 Å². The Morgan fingerprint density at radius 2 is 2.00 bits per heavy atom. The van der Waals surface area contributed by atoms with Crippen LogP contribution in [0.5, 0.6) is 0 Å². The molecule has 2 aliphatic rings. The van der Waals surface area contributed by atoms with Gasteiger partial charge in [0, 0.05) is 57.5 Å². The summed E-state index contributed by atoms with van der Waals surface area (Å²) >= 11 is 0. The molecule has 0 bridgehead atoms. The van der Waals surface area contributed by atoms with Gasteiger partial charge < -0.3 is 15.1 Å². The van der Waals surface area contributed by atoms with E-state index >= 15 is 0 Å². The summed E-state index contributed by atoms with van der Waals surface area (Å²) in [5, 5.41) is 3.47. The highest BCUT2D eigenvalue weighted by Crippen LogP contribution is 2.38. The molecule has 1 atom stereocenters. The van der Waals surface area contributed by atoms with E-state index in [-0.39, 0.29) is 41.1 Å². The number of nitrogens with zero attached hydrogens (tertiary/aromatic N) is 3. The minimum absolute atomic E-state index is 0. The summed E-state index contributed by atoms with van der Waals surface area (Å²) in [4.78, 5) is 20.7. The summed E-state index contributed by atoms with van der Waals surface area (Å²) in [6.07, 6.45) is 4.47. The van der Waals surface area contributed by atoms with Gasteiger partial charge in [0.2, 0.25) is 5.91 Å². The highest BCUT2D eigenvalue weighted by Gasteiger charge is 2.32. The standard InChI is InChI=1S/C23H36N4O3S.HI/c1-23(2,12-15-31(4,29)30)17-25-22(24-3)27-16-18(19-8-5-6-9-20(19)27)11-14-26-13-7-10-21(26)28;/h5-6,8-9,18H,7,10-17H2,1-4H3,(H,24,25);1H. The normalized spacial score (nSPS) is 19.2. The number of likely N-dealkylation sites (tertiary alicyclic amines) is 1. The van der Waals surface area contributed by atoms with Crippen molar-refractivity contribution < 1.29 is 13.2 Å². The van der Waals surface area contributed by atoms with Crippen LogP contribution in [0.15, 0.2) is 29.3 Å². The molecular formula is C23H37IN4O3S. The van der Waals surface area contributed by atoms with Gasteiger partial charge in [0.25, 0.3) is 0 Å². The third-order valence-electron chi connectivity index (χ3n) is 6.33. The summed E-state index contributed by atoms with van der Waals surface area (Å²) in [6, 6.07) is 8.41. The molecule has 1 fully saturated rings. The summed E-state index contributed by atoms with van der Waals surface area (Å²) in [5.41, 5.74) is 2.28. The van der Waals surface area contributed by atoms with Crippen LogP contribution in [0.1, 0.15) is 51.0 Å². The van der Waals surface area contributed by atoms with Crippen LogP contribution in [0.2, 0.25) is 0 Å². The van der Waals surface area contributed by atoms with Gasteiger partial charge in [-0.3, -0.25) is 9.79 Å². The van der Waals surface area contributed by atoms with Crippen LogP contribution in [0, 0.1) is 5.41 Å². The summed E-state index contributed by atoms with van der Waals surface area (Å²) in [6.45, 7) is 7.29. The molecule has 1 aromatic rings. The van der Waals surface area contributed by atoms with E-state index < -0.39 is 9.84 Å². The monoisotopic (exact) mass is 576 g/mol. The Bertz CT molecular complexity index is 933. The summed E-state index contributed by atoms with van der Waals surface area (Å²) in [5.74, 6) is 1.61. The summed E-state index contributed by atoms with van der Waals surface area (Å²) < 4.78 is 23.1. The lowest BCUT2D eigenvalue weighted by atomic mass is 9.90. The molecule has 0 aliphatic carbocycles. The molecule has 1 saturated heterocycles. The van der Waals surface area contributed by atoms with Gasteiger partial charge in [-0.05, 0) is 36.3 Å². The second-order valence-corrected chi connectivity index (χ2v) is 11.8. The SMILES string of the molecule is CN=C(NCC(C)(C)CCS(C)(=O)=O)N1CC(CCN2CCCC2=O)c2ccccc21.I. The topological polar surface area (TPSA) is 82.1 Å². The molecule has 9 heteroatoms. The number of amides is 1. The molecule has 180 valence electrons. The van der Waals surface area contributed by atoms with E-state index in [1.54, 1.807) is 7.05 Å². The number of aliphatic imine (C=N–C) groups is 1. The maximum absolute atomic E-state index is 12.0. The number of carbonyl (C=O) groups is 1. The number of carbonyl (C=O) groups excluding carboxylic acids is 1. The highest BCUT2D eigenvalue weighted by atomic mass is 127. The van der Waals surface area contributed by atoms with Crippen molar-refractivity contribution in [3.63, 3.8) is 0 Å². The molecule has 1 aromatic carbocycles. The molecule has 3 rings (SSSR count). The van der Waals surface area contributed by atoms with Crippen molar-refractivity contribution in [2.45, 2.75) is 45.4 Å². The summed E-state index contributed by atoms with van der Waals surface area (Å²) in [7, 11) is -1.20. The van der Waals surface area contributed by atoms with Gasteiger partial charge in [0.05, 0.1) is 5.75 Å². The van der Waals surface area contributed by atoms with Gasteiger partial charge in [-0.15, -0.1) is 24.0 Å². The molecule has 0 saturated carbocycles. The number of anilines is 1. The van der Waals surface area contributed by atoms with Crippen LogP contribution in [-0.4, -0.2) is 70.4 Å². The Morgan fingerprint density at radius 1 is 1.28 bits per heavy atom. The van der Waals surface area contributed by atoms with Crippen molar-refractivity contribution in [1.82, 2.24) is 10.2 Å². The fourth-order valence-electron chi connectivity index (χ4n) is 4.36. The Hall–Kier alpha value is -1.36. The van der Waals surface area contributed by atoms with E-state index in [0.29, 0.717) is 25.3 Å². The second-order valence-electron chi connectivity index (χ2n) is 9.58. The Morgan fingerprint density at radius 3 is 2.62 bits per heavy atom. The highest BCUT2D eigenvalue weighted by molar-refractivity contribution is 14.0. The van der Waals surface area contributed by atoms with E-state index in [1.807, 2.05) is 11.0 Å². The first-order valence-electron chi connectivity index (χ1n) is 11.1. The lowest BCUT2D eigenvalue weighted by molar-refractivity contribution is -0.127. The first kappa shape index (κ1) is 26.9. The van der Waals surface area contributed by atoms with Gasteiger partial charge in [0.1, 0.15) is 9.84 Å². The molecule has 7 nitrogen and oxygen atoms in total. The maximum Gasteiger partial charge on any atom is 0.222 e. The average Bonchev–Trinajstić information content (AvgIpc) is 3.29. The van der Waals surface area contributed by atoms with Crippen molar-refractivity contribution in [2.24, 2.45) is 10.4 Å². The largest absolute Gasteiger partial charge is 0.355 e. The first-order valence-corrected chi connectivity index (χ1v) is 13.2. The predicted octanol–water partition coefficient (Wildman–Crippen LogP) is 3.26. The molecule has 32 heavy (non-hydrogen) atoms. The van der Waals surface area contributed by atoms with Crippen LogP contribution >= 0.6 is 24.0 Å². The second kappa shape index (κ2) is 11.2. The fraction of sp³-hybridized carbons (Fsp3) is 0.652. The van der Waals surface area contributed by atoms with Crippen molar-refractivity contribution in [1.29, 1.82) is 0 Å². The lowest BCUT2D eigenvalue weighted by Crippen LogP contribution is -2.45. The van der Waals surface area contributed by atoms with Crippen LogP contribution in [0.25, 0.3) is 0 Å². The molecule has 1 unspecified atom stereocenters. The molecule has 2 heterocycles. The smallest absolute Gasteiger partial charge is 0.222 e. The number of halogens is 1. The Balaban J connectivity index is 0.00000363. The van der Waals surface area contributed by atoms with Crippen molar-refractivity contribution in [2.75, 3.05) is 50.1 Å². The van der Waals surface area contributed by atoms with Crippen LogP contribution in [-0.2, 0) is 14.6 Å². The number of benzene rings is 1. The average molecular weight is 577 g/mol. The van der Waals surface area contributed by atoms with E-state index in [4.69, 9.17) is 0 Å². The van der Waals surface area contributed by atoms with Crippen molar-refractivity contribution in [3.8, 4) is 0 Å². The number of para-hydroxylation sites is 1. The quantitative estimate of drug-likeness (QED) is 0.292. The van der Waals surface area contributed by atoms with Crippen molar-refractivity contribution >= 4 is 51.4 Å². The molecule has 2 aliphatic heterocycles. The lowest BCUT2D eigenvalue weighted by Gasteiger charge is -2.29. The molecule has 0 aromatic heterocycles. The molecule has 0 spiro atoms. The van der Waals surface area contributed by atoms with Gasteiger partial charge >= 0.3 is 0 Å². The van der Waals surface area contributed by atoms with E-state index in [1.165, 1.54) is 11.8 Å². The van der Waals surface area contributed by atoms with Gasteiger partial charge in [-0.1, -0.05) is 32.0 Å². The molecular weight excluding hydrogens is 539 g/mol. The molecule has 1 N–H and O–H groups in total. The first-order chi connectivity index (χ1) is 14.6. The Labute approximate surface area is 210 Å².